The quantitative estimate of drug-likeness (QED) is 0.763. The number of ether oxygens (including phenoxy) is 5. The Bertz CT molecular complexity index is 630. The van der Waals surface area contributed by atoms with Crippen molar-refractivity contribution in [1.29, 1.82) is 0 Å². The molecule has 1 aromatic carbocycles. The molecule has 0 fully saturated rings. The smallest absolute Gasteiger partial charge is 0.213 e. The SMILES string of the molecule is COCCOc1ccc(C2COc3cccc(OC)c3O2)cn1. The van der Waals surface area contributed by atoms with E-state index in [9.17, 15) is 0 Å². The molecule has 0 spiro atoms. The van der Waals surface area contributed by atoms with Crippen LogP contribution in [0.15, 0.2) is 36.5 Å². The van der Waals surface area contributed by atoms with Gasteiger partial charge in [0.1, 0.15) is 13.2 Å². The molecular formula is C17H19NO5. The third-order valence-corrected chi connectivity index (χ3v) is 3.48. The second-order valence-electron chi connectivity index (χ2n) is 4.98. The van der Waals surface area contributed by atoms with Crippen LogP contribution in [0.3, 0.4) is 0 Å². The number of pyridine rings is 1. The Hall–Kier alpha value is -2.47. The lowest BCUT2D eigenvalue weighted by Crippen LogP contribution is -2.22. The van der Waals surface area contributed by atoms with Crippen LogP contribution in [-0.2, 0) is 4.74 Å². The summed E-state index contributed by atoms with van der Waals surface area (Å²) in [5.41, 5.74) is 0.917. The molecule has 1 aromatic heterocycles. The van der Waals surface area contributed by atoms with Crippen LogP contribution >= 0.6 is 0 Å². The van der Waals surface area contributed by atoms with Gasteiger partial charge in [0.15, 0.2) is 17.6 Å². The molecule has 0 N–H and O–H groups in total. The van der Waals surface area contributed by atoms with Gasteiger partial charge in [-0.3, -0.25) is 0 Å². The molecule has 0 radical (unpaired) electrons. The fourth-order valence-electron chi connectivity index (χ4n) is 2.29. The molecule has 1 atom stereocenters. The molecule has 1 aliphatic rings. The van der Waals surface area contributed by atoms with Gasteiger partial charge >= 0.3 is 0 Å². The van der Waals surface area contributed by atoms with E-state index < -0.39 is 0 Å². The van der Waals surface area contributed by atoms with E-state index >= 15 is 0 Å². The lowest BCUT2D eigenvalue weighted by atomic mass is 10.1. The normalized spacial score (nSPS) is 16.0. The molecule has 122 valence electrons. The van der Waals surface area contributed by atoms with E-state index in [1.807, 2.05) is 30.3 Å². The second-order valence-corrected chi connectivity index (χ2v) is 4.98. The van der Waals surface area contributed by atoms with Crippen molar-refractivity contribution in [3.63, 3.8) is 0 Å². The van der Waals surface area contributed by atoms with Gasteiger partial charge in [-0.15, -0.1) is 0 Å². The first-order valence-corrected chi connectivity index (χ1v) is 7.36. The predicted molar refractivity (Wildman–Crippen MR) is 83.5 cm³/mol. The van der Waals surface area contributed by atoms with E-state index in [-0.39, 0.29) is 6.10 Å². The lowest BCUT2D eigenvalue weighted by Gasteiger charge is -2.27. The highest BCUT2D eigenvalue weighted by Gasteiger charge is 2.25. The minimum Gasteiger partial charge on any atom is -0.493 e. The molecular weight excluding hydrogens is 298 g/mol. The molecule has 3 rings (SSSR count). The van der Waals surface area contributed by atoms with Gasteiger partial charge in [-0.05, 0) is 18.2 Å². The molecule has 1 aliphatic heterocycles. The number of para-hydroxylation sites is 1. The first-order chi connectivity index (χ1) is 11.3. The Morgan fingerprint density at radius 3 is 2.83 bits per heavy atom. The van der Waals surface area contributed by atoms with Gasteiger partial charge in [0.25, 0.3) is 0 Å². The molecule has 0 aliphatic carbocycles. The van der Waals surface area contributed by atoms with E-state index in [1.54, 1.807) is 20.4 Å². The molecule has 1 unspecified atom stereocenters. The zero-order chi connectivity index (χ0) is 16.1. The Morgan fingerprint density at radius 2 is 2.09 bits per heavy atom. The molecule has 23 heavy (non-hydrogen) atoms. The summed E-state index contributed by atoms with van der Waals surface area (Å²) in [5.74, 6) is 2.51. The van der Waals surface area contributed by atoms with Crippen molar-refractivity contribution in [2.75, 3.05) is 34.0 Å². The number of hydrogen-bond acceptors (Lipinski definition) is 6. The van der Waals surface area contributed by atoms with E-state index in [4.69, 9.17) is 23.7 Å². The highest BCUT2D eigenvalue weighted by molar-refractivity contribution is 5.52. The number of fused-ring (bicyclic) bond motifs is 1. The minimum absolute atomic E-state index is 0.237. The molecule has 2 aromatic rings. The maximum absolute atomic E-state index is 6.03. The van der Waals surface area contributed by atoms with Crippen molar-refractivity contribution in [3.05, 3.63) is 42.1 Å². The van der Waals surface area contributed by atoms with Gasteiger partial charge in [-0.2, -0.15) is 0 Å². The van der Waals surface area contributed by atoms with Crippen molar-refractivity contribution in [2.24, 2.45) is 0 Å². The van der Waals surface area contributed by atoms with Gasteiger partial charge in [0.05, 0.1) is 13.7 Å². The first-order valence-electron chi connectivity index (χ1n) is 7.36. The fraction of sp³-hybridized carbons (Fsp3) is 0.353. The average Bonchev–Trinajstić information content (AvgIpc) is 2.61. The molecule has 0 saturated carbocycles. The van der Waals surface area contributed by atoms with Gasteiger partial charge < -0.3 is 23.7 Å². The number of hydrogen-bond donors (Lipinski definition) is 0. The highest BCUT2D eigenvalue weighted by Crippen LogP contribution is 2.43. The molecule has 0 bridgehead atoms. The van der Waals surface area contributed by atoms with Crippen LogP contribution in [0.2, 0.25) is 0 Å². The van der Waals surface area contributed by atoms with Crippen molar-refractivity contribution in [2.45, 2.75) is 6.10 Å². The summed E-state index contributed by atoms with van der Waals surface area (Å²) in [7, 11) is 3.24. The molecule has 0 amide bonds. The maximum Gasteiger partial charge on any atom is 0.213 e. The molecule has 6 nitrogen and oxygen atoms in total. The van der Waals surface area contributed by atoms with Crippen LogP contribution in [0, 0.1) is 0 Å². The number of methoxy groups -OCH3 is 2. The molecule has 2 heterocycles. The third-order valence-electron chi connectivity index (χ3n) is 3.48. The van der Waals surface area contributed by atoms with Crippen LogP contribution in [0.1, 0.15) is 11.7 Å². The maximum atomic E-state index is 6.03. The van der Waals surface area contributed by atoms with E-state index in [0.29, 0.717) is 42.9 Å². The first kappa shape index (κ1) is 15.4. The van der Waals surface area contributed by atoms with Crippen molar-refractivity contribution >= 4 is 0 Å². The summed E-state index contributed by atoms with van der Waals surface area (Å²) in [6.45, 7) is 1.42. The Morgan fingerprint density at radius 1 is 1.17 bits per heavy atom. The average molecular weight is 317 g/mol. The van der Waals surface area contributed by atoms with Gasteiger partial charge in [0.2, 0.25) is 11.6 Å². The third kappa shape index (κ3) is 3.48. The molecule has 6 heteroatoms. The van der Waals surface area contributed by atoms with Crippen molar-refractivity contribution in [1.82, 2.24) is 4.98 Å². The Kier molecular flexibility index (Phi) is 4.83. The summed E-state index contributed by atoms with van der Waals surface area (Å²) in [5, 5.41) is 0. The summed E-state index contributed by atoms with van der Waals surface area (Å²) in [6, 6.07) is 9.30. The molecule has 0 saturated heterocycles. The number of rotatable bonds is 6. The Balaban J connectivity index is 1.71. The van der Waals surface area contributed by atoms with Crippen LogP contribution < -0.4 is 18.9 Å². The van der Waals surface area contributed by atoms with Crippen molar-refractivity contribution in [3.8, 4) is 23.1 Å². The largest absolute Gasteiger partial charge is 0.493 e. The summed E-state index contributed by atoms with van der Waals surface area (Å²) >= 11 is 0. The van der Waals surface area contributed by atoms with E-state index in [0.717, 1.165) is 5.56 Å². The number of aromatic nitrogens is 1. The van der Waals surface area contributed by atoms with Gasteiger partial charge in [0, 0.05) is 24.9 Å². The van der Waals surface area contributed by atoms with Gasteiger partial charge in [-0.1, -0.05) is 6.07 Å². The van der Waals surface area contributed by atoms with Crippen LogP contribution in [0.25, 0.3) is 0 Å². The highest BCUT2D eigenvalue weighted by atomic mass is 16.6. The summed E-state index contributed by atoms with van der Waals surface area (Å²) in [4.78, 5) is 4.28. The van der Waals surface area contributed by atoms with E-state index in [1.165, 1.54) is 0 Å². The van der Waals surface area contributed by atoms with Crippen LogP contribution in [0.4, 0.5) is 0 Å². The van der Waals surface area contributed by atoms with Gasteiger partial charge in [-0.25, -0.2) is 4.98 Å². The summed E-state index contributed by atoms with van der Waals surface area (Å²) in [6.07, 6.45) is 1.50. The van der Waals surface area contributed by atoms with Crippen molar-refractivity contribution < 1.29 is 23.7 Å². The topological polar surface area (TPSA) is 59.0 Å². The number of nitrogens with zero attached hydrogens (tertiary/aromatic N) is 1. The summed E-state index contributed by atoms with van der Waals surface area (Å²) < 4.78 is 27.5. The fourth-order valence-corrected chi connectivity index (χ4v) is 2.29. The zero-order valence-corrected chi connectivity index (χ0v) is 13.2. The zero-order valence-electron chi connectivity index (χ0n) is 13.2. The lowest BCUT2D eigenvalue weighted by molar-refractivity contribution is 0.0867. The minimum atomic E-state index is -0.237. The van der Waals surface area contributed by atoms with E-state index in [2.05, 4.69) is 4.98 Å². The van der Waals surface area contributed by atoms with Crippen LogP contribution in [0.5, 0.6) is 23.1 Å². The second kappa shape index (κ2) is 7.19. The van der Waals surface area contributed by atoms with Crippen LogP contribution in [-0.4, -0.2) is 39.0 Å². The predicted octanol–water partition coefficient (Wildman–Crippen LogP) is 2.63. The monoisotopic (exact) mass is 317 g/mol. The standard InChI is InChI=1S/C17H19NO5/c1-19-8-9-21-16-7-6-12(10-18-16)15-11-22-14-5-3-4-13(20-2)17(14)23-15/h3-7,10,15H,8-9,11H2,1-2H3. The number of benzene rings is 1. The Labute approximate surface area is 134 Å².